The molecule has 0 radical (unpaired) electrons. The summed E-state index contributed by atoms with van der Waals surface area (Å²) in [6.45, 7) is 2.13. The molecule has 2 rings (SSSR count). The fourth-order valence-corrected chi connectivity index (χ4v) is 2.38. The molecule has 0 aliphatic carbocycles. The summed E-state index contributed by atoms with van der Waals surface area (Å²) >= 11 is 3.46. The van der Waals surface area contributed by atoms with Gasteiger partial charge >= 0.3 is 0 Å². The number of hydrogen-bond acceptors (Lipinski definition) is 2. The van der Waals surface area contributed by atoms with E-state index in [1.165, 1.54) is 11.1 Å². The third kappa shape index (κ3) is 2.73. The van der Waals surface area contributed by atoms with Crippen LogP contribution in [0.4, 0.5) is 0 Å². The highest BCUT2D eigenvalue weighted by Crippen LogP contribution is 2.25. The lowest BCUT2D eigenvalue weighted by Gasteiger charge is -2.19. The highest BCUT2D eigenvalue weighted by molar-refractivity contribution is 9.10. The van der Waals surface area contributed by atoms with Crippen LogP contribution in [-0.4, -0.2) is 12.0 Å². The van der Waals surface area contributed by atoms with Gasteiger partial charge in [0.25, 0.3) is 0 Å². The highest BCUT2D eigenvalue weighted by atomic mass is 79.9. The largest absolute Gasteiger partial charge is 0.309 e. The molecular formula is C14H15BrN2. The van der Waals surface area contributed by atoms with Crippen molar-refractivity contribution in [2.24, 2.45) is 0 Å². The molecule has 1 aromatic heterocycles. The zero-order valence-corrected chi connectivity index (χ0v) is 11.5. The van der Waals surface area contributed by atoms with E-state index < -0.39 is 0 Å². The van der Waals surface area contributed by atoms with Gasteiger partial charge in [0, 0.05) is 16.9 Å². The van der Waals surface area contributed by atoms with Gasteiger partial charge in [-0.25, -0.2) is 0 Å². The minimum Gasteiger partial charge on any atom is -0.309 e. The maximum Gasteiger partial charge on any atom is 0.0592 e. The number of hydrogen-bond donors (Lipinski definition) is 1. The first-order valence-electron chi connectivity index (χ1n) is 5.55. The van der Waals surface area contributed by atoms with Crippen molar-refractivity contribution in [1.82, 2.24) is 10.3 Å². The average molecular weight is 291 g/mol. The average Bonchev–Trinajstić information content (AvgIpc) is 2.33. The van der Waals surface area contributed by atoms with E-state index in [0.29, 0.717) is 0 Å². The summed E-state index contributed by atoms with van der Waals surface area (Å²) in [5, 5.41) is 3.34. The lowest BCUT2D eigenvalue weighted by atomic mass is 9.96. The second kappa shape index (κ2) is 5.43. The molecule has 1 aromatic carbocycles. The molecule has 88 valence electrons. The predicted molar refractivity (Wildman–Crippen MR) is 74.0 cm³/mol. The maximum absolute atomic E-state index is 4.22. The van der Waals surface area contributed by atoms with Crippen LogP contribution in [0.3, 0.4) is 0 Å². The first-order valence-corrected chi connectivity index (χ1v) is 6.35. The van der Waals surface area contributed by atoms with Crippen molar-refractivity contribution in [3.8, 4) is 0 Å². The zero-order valence-electron chi connectivity index (χ0n) is 9.94. The summed E-state index contributed by atoms with van der Waals surface area (Å²) in [6, 6.07) is 10.7. The van der Waals surface area contributed by atoms with E-state index in [-0.39, 0.29) is 6.04 Å². The Hall–Kier alpha value is -1.19. The fraction of sp³-hybridized carbons (Fsp3) is 0.214. The molecule has 1 N–H and O–H groups in total. The smallest absolute Gasteiger partial charge is 0.0592 e. The van der Waals surface area contributed by atoms with E-state index >= 15 is 0 Å². The topological polar surface area (TPSA) is 24.9 Å². The molecule has 0 fully saturated rings. The van der Waals surface area contributed by atoms with Crippen LogP contribution in [0.25, 0.3) is 0 Å². The van der Waals surface area contributed by atoms with Gasteiger partial charge in [0.1, 0.15) is 0 Å². The van der Waals surface area contributed by atoms with Crippen molar-refractivity contribution < 1.29 is 0 Å². The minimum atomic E-state index is 0.182. The van der Waals surface area contributed by atoms with E-state index in [4.69, 9.17) is 0 Å². The summed E-state index contributed by atoms with van der Waals surface area (Å²) in [7, 11) is 1.97. The van der Waals surface area contributed by atoms with Crippen molar-refractivity contribution in [1.29, 1.82) is 0 Å². The molecule has 0 bridgehead atoms. The van der Waals surface area contributed by atoms with Gasteiger partial charge in [-0.05, 0) is 52.7 Å². The fourth-order valence-electron chi connectivity index (χ4n) is 2.00. The molecule has 0 saturated carbocycles. The maximum atomic E-state index is 4.22. The third-order valence-electron chi connectivity index (χ3n) is 2.85. The van der Waals surface area contributed by atoms with E-state index in [1.54, 1.807) is 6.20 Å². The van der Waals surface area contributed by atoms with Gasteiger partial charge in [-0.2, -0.15) is 0 Å². The van der Waals surface area contributed by atoms with Crippen LogP contribution in [0.5, 0.6) is 0 Å². The first-order chi connectivity index (χ1) is 8.22. The van der Waals surface area contributed by atoms with Crippen LogP contribution < -0.4 is 5.32 Å². The number of pyridine rings is 1. The number of rotatable bonds is 3. The molecule has 0 amide bonds. The number of aryl methyl sites for hydroxylation is 1. The molecule has 3 heteroatoms. The van der Waals surface area contributed by atoms with E-state index in [0.717, 1.165) is 10.0 Å². The van der Waals surface area contributed by atoms with Gasteiger partial charge in [-0.3, -0.25) is 4.98 Å². The Kier molecular flexibility index (Phi) is 3.92. The van der Waals surface area contributed by atoms with Gasteiger partial charge in [0.2, 0.25) is 0 Å². The van der Waals surface area contributed by atoms with Crippen LogP contribution >= 0.6 is 15.9 Å². The van der Waals surface area contributed by atoms with Crippen molar-refractivity contribution in [2.45, 2.75) is 13.0 Å². The molecule has 1 heterocycles. The van der Waals surface area contributed by atoms with Gasteiger partial charge in [0.05, 0.1) is 6.04 Å². The van der Waals surface area contributed by atoms with Crippen LogP contribution in [0, 0.1) is 6.92 Å². The van der Waals surface area contributed by atoms with Crippen LogP contribution in [-0.2, 0) is 0 Å². The standard InChI is InChI=1S/C14H15BrN2/c1-10-5-3-4-6-13(10)14(16-2)11-7-12(15)9-17-8-11/h3-9,14,16H,1-2H3. The molecule has 2 aromatic rings. The van der Waals surface area contributed by atoms with Crippen LogP contribution in [0.2, 0.25) is 0 Å². The lowest BCUT2D eigenvalue weighted by molar-refractivity contribution is 0.684. The minimum absolute atomic E-state index is 0.182. The monoisotopic (exact) mass is 290 g/mol. The summed E-state index contributed by atoms with van der Waals surface area (Å²) in [4.78, 5) is 4.22. The summed E-state index contributed by atoms with van der Waals surface area (Å²) in [6.07, 6.45) is 3.70. The second-order valence-electron chi connectivity index (χ2n) is 4.01. The Bertz CT molecular complexity index is 511. The SMILES string of the molecule is CNC(c1cncc(Br)c1)c1ccccc1C. The molecule has 0 spiro atoms. The number of nitrogens with one attached hydrogen (secondary N) is 1. The van der Waals surface area contributed by atoms with Crippen molar-refractivity contribution in [3.05, 3.63) is 63.9 Å². The molecule has 17 heavy (non-hydrogen) atoms. The summed E-state index contributed by atoms with van der Waals surface area (Å²) in [5.74, 6) is 0. The van der Waals surface area contributed by atoms with Gasteiger partial charge in [-0.1, -0.05) is 24.3 Å². The zero-order chi connectivity index (χ0) is 12.3. The second-order valence-corrected chi connectivity index (χ2v) is 4.93. The molecule has 0 saturated heterocycles. The molecule has 1 atom stereocenters. The number of benzene rings is 1. The van der Waals surface area contributed by atoms with Crippen LogP contribution in [0.1, 0.15) is 22.7 Å². The molecule has 2 nitrogen and oxygen atoms in total. The van der Waals surface area contributed by atoms with Gasteiger partial charge in [-0.15, -0.1) is 0 Å². The first kappa shape index (κ1) is 12.3. The lowest BCUT2D eigenvalue weighted by Crippen LogP contribution is -2.18. The van der Waals surface area contributed by atoms with Crippen LogP contribution in [0.15, 0.2) is 47.2 Å². The number of halogens is 1. The van der Waals surface area contributed by atoms with Gasteiger partial charge < -0.3 is 5.32 Å². The molecule has 0 aliphatic heterocycles. The van der Waals surface area contributed by atoms with Gasteiger partial charge in [0.15, 0.2) is 0 Å². The van der Waals surface area contributed by atoms with Crippen molar-refractivity contribution in [3.63, 3.8) is 0 Å². The van der Waals surface area contributed by atoms with Crippen molar-refractivity contribution in [2.75, 3.05) is 7.05 Å². The highest BCUT2D eigenvalue weighted by Gasteiger charge is 2.14. The summed E-state index contributed by atoms with van der Waals surface area (Å²) < 4.78 is 1.00. The van der Waals surface area contributed by atoms with E-state index in [2.05, 4.69) is 63.5 Å². The Morgan fingerprint density at radius 1 is 1.24 bits per heavy atom. The third-order valence-corrected chi connectivity index (χ3v) is 3.28. The molecule has 0 aliphatic rings. The quantitative estimate of drug-likeness (QED) is 0.936. The van der Waals surface area contributed by atoms with E-state index in [9.17, 15) is 0 Å². The Morgan fingerprint density at radius 3 is 2.65 bits per heavy atom. The van der Waals surface area contributed by atoms with Crippen molar-refractivity contribution >= 4 is 15.9 Å². The number of nitrogens with zero attached hydrogens (tertiary/aromatic N) is 1. The molecule has 1 unspecified atom stereocenters. The Morgan fingerprint density at radius 2 is 2.00 bits per heavy atom. The Labute approximate surface area is 110 Å². The van der Waals surface area contributed by atoms with E-state index in [1.807, 2.05) is 13.2 Å². The summed E-state index contributed by atoms with van der Waals surface area (Å²) in [5.41, 5.74) is 3.73. The number of aromatic nitrogens is 1. The predicted octanol–water partition coefficient (Wildman–Crippen LogP) is 3.46. The normalized spacial score (nSPS) is 12.4. The molecular weight excluding hydrogens is 276 g/mol. The Balaban J connectivity index is 2.44.